The summed E-state index contributed by atoms with van der Waals surface area (Å²) in [6.07, 6.45) is 7.23. The molecule has 2 heterocycles. The number of nitrogens with zero attached hydrogens (tertiary/aromatic N) is 3. The Balaban J connectivity index is 1.88. The van der Waals surface area contributed by atoms with Gasteiger partial charge in [0.25, 0.3) is 5.56 Å². The lowest BCUT2D eigenvalue weighted by molar-refractivity contribution is 0.657. The fraction of sp³-hybridized carbons (Fsp3) is 0.250. The van der Waals surface area contributed by atoms with Crippen LogP contribution in [0.4, 0.5) is 0 Å². The van der Waals surface area contributed by atoms with Gasteiger partial charge in [-0.15, -0.1) is 0 Å². The molecule has 1 aromatic carbocycles. The van der Waals surface area contributed by atoms with Gasteiger partial charge in [-0.2, -0.15) is 0 Å². The molecule has 0 aliphatic heterocycles. The van der Waals surface area contributed by atoms with Crippen LogP contribution in [-0.2, 0) is 12.8 Å². The predicted molar refractivity (Wildman–Crippen MR) is 80.0 cm³/mol. The van der Waals surface area contributed by atoms with Gasteiger partial charge < -0.3 is 4.98 Å². The monoisotopic (exact) mass is 278 g/mol. The molecule has 3 aromatic rings. The van der Waals surface area contributed by atoms with Crippen molar-refractivity contribution >= 4 is 11.0 Å². The Hall–Kier alpha value is -2.56. The minimum absolute atomic E-state index is 0.00561. The molecule has 0 spiro atoms. The summed E-state index contributed by atoms with van der Waals surface area (Å²) >= 11 is 0. The van der Waals surface area contributed by atoms with Crippen molar-refractivity contribution in [3.63, 3.8) is 0 Å². The molecule has 1 aliphatic rings. The Bertz CT molecular complexity index is 885. The maximum Gasteiger partial charge on any atom is 0.254 e. The van der Waals surface area contributed by atoms with Crippen LogP contribution in [0.3, 0.4) is 0 Å². The van der Waals surface area contributed by atoms with Gasteiger partial charge in [-0.1, -0.05) is 0 Å². The van der Waals surface area contributed by atoms with Crippen LogP contribution in [0.1, 0.15) is 24.1 Å². The predicted octanol–water partition coefficient (Wildman–Crippen LogP) is 2.26. The molecule has 104 valence electrons. The van der Waals surface area contributed by atoms with Crippen molar-refractivity contribution in [2.75, 3.05) is 0 Å². The first kappa shape index (κ1) is 12.2. The number of aromatic amines is 1. The standard InChI is InChI=1S/C16H14N4O/c21-16-11-3-1-2-4-12(11)19-15(20-16)10-5-6-13-14(9-10)18-8-7-17-13/h5-9H,1-4H2,(H,19,20,21). The van der Waals surface area contributed by atoms with Gasteiger partial charge in [-0.25, -0.2) is 4.98 Å². The Morgan fingerprint density at radius 3 is 2.71 bits per heavy atom. The maximum absolute atomic E-state index is 12.2. The zero-order valence-corrected chi connectivity index (χ0v) is 11.5. The number of hydrogen-bond donors (Lipinski definition) is 1. The van der Waals surface area contributed by atoms with E-state index in [0.29, 0.717) is 5.82 Å². The van der Waals surface area contributed by atoms with Crippen LogP contribution in [0.5, 0.6) is 0 Å². The van der Waals surface area contributed by atoms with Gasteiger partial charge in [0.15, 0.2) is 0 Å². The van der Waals surface area contributed by atoms with E-state index in [-0.39, 0.29) is 5.56 Å². The number of benzene rings is 1. The number of aromatic nitrogens is 4. The van der Waals surface area contributed by atoms with Crippen molar-refractivity contribution in [2.24, 2.45) is 0 Å². The van der Waals surface area contributed by atoms with Crippen LogP contribution < -0.4 is 5.56 Å². The number of rotatable bonds is 1. The summed E-state index contributed by atoms with van der Waals surface area (Å²) in [4.78, 5) is 28.3. The topological polar surface area (TPSA) is 71.5 Å². The highest BCUT2D eigenvalue weighted by molar-refractivity contribution is 5.79. The average molecular weight is 278 g/mol. The average Bonchev–Trinajstić information content (AvgIpc) is 2.54. The molecule has 0 fully saturated rings. The molecule has 5 heteroatoms. The molecule has 4 rings (SSSR count). The molecule has 5 nitrogen and oxygen atoms in total. The molecule has 2 aromatic heterocycles. The van der Waals surface area contributed by atoms with E-state index in [4.69, 9.17) is 0 Å². The Morgan fingerprint density at radius 1 is 1.00 bits per heavy atom. The molecule has 0 atom stereocenters. The molecule has 1 aliphatic carbocycles. The fourth-order valence-electron chi connectivity index (χ4n) is 2.85. The zero-order valence-electron chi connectivity index (χ0n) is 11.5. The van der Waals surface area contributed by atoms with Gasteiger partial charge in [0.2, 0.25) is 0 Å². The lowest BCUT2D eigenvalue weighted by Crippen LogP contribution is -2.21. The number of hydrogen-bond acceptors (Lipinski definition) is 4. The van der Waals surface area contributed by atoms with Crippen LogP contribution in [0.2, 0.25) is 0 Å². The number of nitrogens with one attached hydrogen (secondary N) is 1. The molecular weight excluding hydrogens is 264 g/mol. The first-order valence-corrected chi connectivity index (χ1v) is 7.14. The Kier molecular flexibility index (Phi) is 2.77. The van der Waals surface area contributed by atoms with Crippen LogP contribution in [-0.4, -0.2) is 19.9 Å². The van der Waals surface area contributed by atoms with Gasteiger partial charge in [0.05, 0.1) is 16.7 Å². The van der Waals surface area contributed by atoms with E-state index in [1.54, 1.807) is 12.4 Å². The second kappa shape index (κ2) is 4.77. The van der Waals surface area contributed by atoms with Crippen molar-refractivity contribution < 1.29 is 0 Å². The van der Waals surface area contributed by atoms with Gasteiger partial charge in [0.1, 0.15) is 5.82 Å². The highest BCUT2D eigenvalue weighted by atomic mass is 16.1. The quantitative estimate of drug-likeness (QED) is 0.741. The van der Waals surface area contributed by atoms with Crippen molar-refractivity contribution in [3.05, 3.63) is 52.2 Å². The zero-order chi connectivity index (χ0) is 14.2. The van der Waals surface area contributed by atoms with Crippen LogP contribution >= 0.6 is 0 Å². The summed E-state index contributed by atoms with van der Waals surface area (Å²) in [6, 6.07) is 5.73. The van der Waals surface area contributed by atoms with E-state index in [9.17, 15) is 4.79 Å². The molecule has 0 unspecified atom stereocenters. The summed E-state index contributed by atoms with van der Waals surface area (Å²) in [5.41, 5.74) is 4.30. The van der Waals surface area contributed by atoms with E-state index in [0.717, 1.165) is 53.5 Å². The molecule has 0 amide bonds. The first-order valence-electron chi connectivity index (χ1n) is 7.14. The molecule has 0 radical (unpaired) electrons. The largest absolute Gasteiger partial charge is 0.306 e. The van der Waals surface area contributed by atoms with Gasteiger partial charge in [0, 0.05) is 23.5 Å². The minimum atomic E-state index is -0.00561. The van der Waals surface area contributed by atoms with E-state index >= 15 is 0 Å². The fourth-order valence-corrected chi connectivity index (χ4v) is 2.85. The molecule has 0 bridgehead atoms. The van der Waals surface area contributed by atoms with Gasteiger partial charge >= 0.3 is 0 Å². The Labute approximate surface area is 121 Å². The highest BCUT2D eigenvalue weighted by Gasteiger charge is 2.16. The Morgan fingerprint density at radius 2 is 1.81 bits per heavy atom. The SMILES string of the molecule is O=c1[nH]c(-c2ccc3nccnc3c2)nc2c1CCCC2. The second-order valence-electron chi connectivity index (χ2n) is 5.31. The third kappa shape index (κ3) is 2.11. The van der Waals surface area contributed by atoms with E-state index in [1.165, 1.54) is 0 Å². The molecule has 0 saturated carbocycles. The first-order chi connectivity index (χ1) is 10.3. The van der Waals surface area contributed by atoms with E-state index in [1.807, 2.05) is 18.2 Å². The highest BCUT2D eigenvalue weighted by Crippen LogP contribution is 2.22. The smallest absolute Gasteiger partial charge is 0.254 e. The number of fused-ring (bicyclic) bond motifs is 2. The van der Waals surface area contributed by atoms with Crippen LogP contribution in [0, 0.1) is 0 Å². The maximum atomic E-state index is 12.2. The number of aryl methyl sites for hydroxylation is 1. The lowest BCUT2D eigenvalue weighted by atomic mass is 9.97. The normalized spacial score (nSPS) is 14.1. The molecule has 0 saturated heterocycles. The lowest BCUT2D eigenvalue weighted by Gasteiger charge is -2.14. The van der Waals surface area contributed by atoms with Crippen molar-refractivity contribution in [2.45, 2.75) is 25.7 Å². The van der Waals surface area contributed by atoms with Crippen molar-refractivity contribution in [1.29, 1.82) is 0 Å². The summed E-state index contributed by atoms with van der Waals surface area (Å²) < 4.78 is 0. The third-order valence-electron chi connectivity index (χ3n) is 3.93. The second-order valence-corrected chi connectivity index (χ2v) is 5.31. The van der Waals surface area contributed by atoms with Gasteiger partial charge in [-0.3, -0.25) is 14.8 Å². The molecule has 1 N–H and O–H groups in total. The van der Waals surface area contributed by atoms with E-state index < -0.39 is 0 Å². The van der Waals surface area contributed by atoms with Gasteiger partial charge in [-0.05, 0) is 43.9 Å². The van der Waals surface area contributed by atoms with E-state index in [2.05, 4.69) is 19.9 Å². The van der Waals surface area contributed by atoms with Crippen molar-refractivity contribution in [1.82, 2.24) is 19.9 Å². The summed E-state index contributed by atoms with van der Waals surface area (Å²) in [5.74, 6) is 0.619. The summed E-state index contributed by atoms with van der Waals surface area (Å²) in [5, 5.41) is 0. The third-order valence-corrected chi connectivity index (χ3v) is 3.93. The van der Waals surface area contributed by atoms with Crippen molar-refractivity contribution in [3.8, 4) is 11.4 Å². The summed E-state index contributed by atoms with van der Waals surface area (Å²) in [6.45, 7) is 0. The summed E-state index contributed by atoms with van der Waals surface area (Å²) in [7, 11) is 0. The number of H-pyrrole nitrogens is 1. The van der Waals surface area contributed by atoms with Crippen LogP contribution in [0.15, 0.2) is 35.4 Å². The minimum Gasteiger partial charge on any atom is -0.306 e. The molecule has 21 heavy (non-hydrogen) atoms. The van der Waals surface area contributed by atoms with Crippen LogP contribution in [0.25, 0.3) is 22.4 Å². The molecular formula is C16H14N4O.